The van der Waals surface area contributed by atoms with Gasteiger partial charge < -0.3 is 10.6 Å². The first-order valence-corrected chi connectivity index (χ1v) is 7.29. The van der Waals surface area contributed by atoms with Crippen LogP contribution >= 0.6 is 15.9 Å². The summed E-state index contributed by atoms with van der Waals surface area (Å²) in [4.78, 5) is 21.9. The van der Waals surface area contributed by atoms with E-state index in [9.17, 15) is 14.9 Å². The standard InChI is InChI=1S/C15H14BrN3O3/c1-10-8-12(4-7-14(10)16)17-9-15(20)18-11-2-5-13(6-3-11)19(21)22/h2-8,17H,9H2,1H3,(H,18,20). The number of nitro benzene ring substituents is 1. The predicted molar refractivity (Wildman–Crippen MR) is 89.1 cm³/mol. The Morgan fingerprint density at radius 1 is 1.18 bits per heavy atom. The number of nitro groups is 1. The van der Waals surface area contributed by atoms with Crippen molar-refractivity contribution in [2.45, 2.75) is 6.92 Å². The summed E-state index contributed by atoms with van der Waals surface area (Å²) in [6.07, 6.45) is 0. The minimum atomic E-state index is -0.483. The second-order valence-corrected chi connectivity index (χ2v) is 5.52. The number of hydrogen-bond acceptors (Lipinski definition) is 4. The Morgan fingerprint density at radius 3 is 2.41 bits per heavy atom. The monoisotopic (exact) mass is 363 g/mol. The number of rotatable bonds is 5. The highest BCUT2D eigenvalue weighted by atomic mass is 79.9. The number of nitrogens with zero attached hydrogens (tertiary/aromatic N) is 1. The molecule has 0 radical (unpaired) electrons. The summed E-state index contributed by atoms with van der Waals surface area (Å²) in [5, 5.41) is 16.2. The maximum absolute atomic E-state index is 11.8. The van der Waals surface area contributed by atoms with Gasteiger partial charge in [-0.25, -0.2) is 0 Å². The molecule has 2 aromatic carbocycles. The van der Waals surface area contributed by atoms with E-state index in [1.807, 2.05) is 25.1 Å². The van der Waals surface area contributed by atoms with Gasteiger partial charge in [0.1, 0.15) is 0 Å². The molecular formula is C15H14BrN3O3. The van der Waals surface area contributed by atoms with E-state index in [-0.39, 0.29) is 18.1 Å². The van der Waals surface area contributed by atoms with Crippen molar-refractivity contribution in [1.29, 1.82) is 0 Å². The Kier molecular flexibility index (Phi) is 5.11. The molecule has 0 spiro atoms. The van der Waals surface area contributed by atoms with E-state index < -0.39 is 4.92 Å². The van der Waals surface area contributed by atoms with E-state index in [1.54, 1.807) is 0 Å². The van der Waals surface area contributed by atoms with Crippen molar-refractivity contribution < 1.29 is 9.72 Å². The molecule has 22 heavy (non-hydrogen) atoms. The summed E-state index contributed by atoms with van der Waals surface area (Å²) < 4.78 is 1.01. The zero-order valence-corrected chi connectivity index (χ0v) is 13.4. The maximum atomic E-state index is 11.8. The zero-order chi connectivity index (χ0) is 16.1. The van der Waals surface area contributed by atoms with Crippen molar-refractivity contribution in [3.8, 4) is 0 Å². The number of amides is 1. The summed E-state index contributed by atoms with van der Waals surface area (Å²) in [5.41, 5.74) is 2.42. The molecule has 0 bridgehead atoms. The molecule has 0 saturated carbocycles. The second kappa shape index (κ2) is 7.04. The van der Waals surface area contributed by atoms with Gasteiger partial charge in [-0.3, -0.25) is 14.9 Å². The van der Waals surface area contributed by atoms with Crippen LogP contribution in [0.2, 0.25) is 0 Å². The van der Waals surface area contributed by atoms with E-state index in [2.05, 4.69) is 26.6 Å². The molecule has 0 unspecified atom stereocenters. The highest BCUT2D eigenvalue weighted by Gasteiger charge is 2.06. The first-order valence-electron chi connectivity index (χ1n) is 6.50. The van der Waals surface area contributed by atoms with Crippen molar-refractivity contribution in [1.82, 2.24) is 0 Å². The fourth-order valence-corrected chi connectivity index (χ4v) is 2.06. The lowest BCUT2D eigenvalue weighted by atomic mass is 10.2. The lowest BCUT2D eigenvalue weighted by Gasteiger charge is -2.09. The number of carbonyl (C=O) groups is 1. The van der Waals surface area contributed by atoms with Crippen molar-refractivity contribution >= 4 is 38.9 Å². The van der Waals surface area contributed by atoms with Crippen LogP contribution in [-0.2, 0) is 4.79 Å². The number of hydrogen-bond donors (Lipinski definition) is 2. The number of benzene rings is 2. The SMILES string of the molecule is Cc1cc(NCC(=O)Nc2ccc([N+](=O)[O-])cc2)ccc1Br. The minimum absolute atomic E-state index is 0.0125. The molecular weight excluding hydrogens is 350 g/mol. The summed E-state index contributed by atoms with van der Waals surface area (Å²) in [7, 11) is 0. The number of nitrogens with one attached hydrogen (secondary N) is 2. The lowest BCUT2D eigenvalue weighted by Crippen LogP contribution is -2.21. The first-order chi connectivity index (χ1) is 10.5. The van der Waals surface area contributed by atoms with Gasteiger partial charge in [0.2, 0.25) is 5.91 Å². The second-order valence-electron chi connectivity index (χ2n) is 4.67. The van der Waals surface area contributed by atoms with Crippen LogP contribution in [0.1, 0.15) is 5.56 Å². The number of aryl methyl sites for hydroxylation is 1. The summed E-state index contributed by atoms with van der Waals surface area (Å²) in [6.45, 7) is 2.07. The molecule has 0 aromatic heterocycles. The van der Waals surface area contributed by atoms with E-state index in [0.717, 1.165) is 15.7 Å². The summed E-state index contributed by atoms with van der Waals surface area (Å²) in [6, 6.07) is 11.4. The average Bonchev–Trinajstić information content (AvgIpc) is 2.49. The van der Waals surface area contributed by atoms with Crippen LogP contribution in [0, 0.1) is 17.0 Å². The zero-order valence-electron chi connectivity index (χ0n) is 11.8. The molecule has 0 saturated heterocycles. The van der Waals surface area contributed by atoms with Gasteiger partial charge in [0.15, 0.2) is 0 Å². The van der Waals surface area contributed by atoms with Crippen LogP contribution in [0.25, 0.3) is 0 Å². The molecule has 114 valence electrons. The minimum Gasteiger partial charge on any atom is -0.376 e. The molecule has 2 N–H and O–H groups in total. The fourth-order valence-electron chi connectivity index (χ4n) is 1.81. The van der Waals surface area contributed by atoms with Gasteiger partial charge in [-0.1, -0.05) is 15.9 Å². The van der Waals surface area contributed by atoms with Crippen molar-refractivity contribution in [2.24, 2.45) is 0 Å². The molecule has 0 aliphatic rings. The van der Waals surface area contributed by atoms with Gasteiger partial charge in [-0.2, -0.15) is 0 Å². The molecule has 0 heterocycles. The van der Waals surface area contributed by atoms with Crippen LogP contribution in [-0.4, -0.2) is 17.4 Å². The Balaban J connectivity index is 1.89. The normalized spacial score (nSPS) is 10.1. The van der Waals surface area contributed by atoms with Crippen LogP contribution in [0.15, 0.2) is 46.9 Å². The van der Waals surface area contributed by atoms with Crippen molar-refractivity contribution in [2.75, 3.05) is 17.2 Å². The van der Waals surface area contributed by atoms with E-state index in [0.29, 0.717) is 5.69 Å². The number of halogens is 1. The highest BCUT2D eigenvalue weighted by molar-refractivity contribution is 9.10. The van der Waals surface area contributed by atoms with Gasteiger partial charge >= 0.3 is 0 Å². The Labute approximate surface area is 135 Å². The average molecular weight is 364 g/mol. The van der Waals surface area contributed by atoms with Crippen molar-refractivity contribution in [3.63, 3.8) is 0 Å². The molecule has 6 nitrogen and oxygen atoms in total. The van der Waals surface area contributed by atoms with Gasteiger partial charge in [-0.05, 0) is 42.8 Å². The summed E-state index contributed by atoms with van der Waals surface area (Å²) >= 11 is 3.41. The largest absolute Gasteiger partial charge is 0.376 e. The van der Waals surface area contributed by atoms with E-state index in [4.69, 9.17) is 0 Å². The number of non-ortho nitro benzene ring substituents is 1. The Hall–Kier alpha value is -2.41. The van der Waals surface area contributed by atoms with Crippen molar-refractivity contribution in [3.05, 3.63) is 62.6 Å². The van der Waals surface area contributed by atoms with Crippen LogP contribution in [0.3, 0.4) is 0 Å². The third kappa shape index (κ3) is 4.29. The van der Waals surface area contributed by atoms with E-state index in [1.165, 1.54) is 24.3 Å². The first kappa shape index (κ1) is 16.0. The highest BCUT2D eigenvalue weighted by Crippen LogP contribution is 2.20. The molecule has 7 heteroatoms. The third-order valence-corrected chi connectivity index (χ3v) is 3.86. The number of carbonyl (C=O) groups excluding carboxylic acids is 1. The molecule has 2 aromatic rings. The van der Waals surface area contributed by atoms with Gasteiger partial charge in [0.25, 0.3) is 5.69 Å². The maximum Gasteiger partial charge on any atom is 0.269 e. The molecule has 0 fully saturated rings. The topological polar surface area (TPSA) is 84.3 Å². The molecule has 0 aliphatic heterocycles. The predicted octanol–water partition coefficient (Wildman–Crippen LogP) is 3.72. The van der Waals surface area contributed by atoms with Gasteiger partial charge in [-0.15, -0.1) is 0 Å². The quantitative estimate of drug-likeness (QED) is 0.626. The van der Waals surface area contributed by atoms with Crippen LogP contribution in [0.5, 0.6) is 0 Å². The third-order valence-electron chi connectivity index (χ3n) is 2.97. The lowest BCUT2D eigenvalue weighted by molar-refractivity contribution is -0.384. The molecule has 0 atom stereocenters. The van der Waals surface area contributed by atoms with E-state index >= 15 is 0 Å². The Morgan fingerprint density at radius 2 is 1.82 bits per heavy atom. The van der Waals surface area contributed by atoms with Gasteiger partial charge in [0, 0.05) is 28.0 Å². The molecule has 1 amide bonds. The van der Waals surface area contributed by atoms with Crippen LogP contribution in [0.4, 0.5) is 17.1 Å². The van der Waals surface area contributed by atoms with Crippen LogP contribution < -0.4 is 10.6 Å². The Bertz CT molecular complexity index is 702. The molecule has 0 aliphatic carbocycles. The fraction of sp³-hybridized carbons (Fsp3) is 0.133. The smallest absolute Gasteiger partial charge is 0.269 e. The molecule has 2 rings (SSSR count). The van der Waals surface area contributed by atoms with Gasteiger partial charge in [0.05, 0.1) is 11.5 Å². The number of anilines is 2. The summed E-state index contributed by atoms with van der Waals surface area (Å²) in [5.74, 6) is -0.227.